The van der Waals surface area contributed by atoms with Gasteiger partial charge in [-0.25, -0.2) is 13.2 Å². The molecule has 46 heavy (non-hydrogen) atoms. The van der Waals surface area contributed by atoms with Crippen LogP contribution in [-0.4, -0.2) is 89.7 Å². The number of carbonyl (C=O) groups is 2. The minimum atomic E-state index is -4.86. The number of aromatic nitrogens is 2. The molecule has 4 rings (SSSR count). The predicted molar refractivity (Wildman–Crippen MR) is 157 cm³/mol. The third-order valence-electron chi connectivity index (χ3n) is 7.43. The van der Waals surface area contributed by atoms with Gasteiger partial charge in [-0.3, -0.25) is 19.1 Å². The molecule has 0 radical (unpaired) electrons. The molecule has 1 fully saturated rings. The van der Waals surface area contributed by atoms with E-state index in [1.54, 1.807) is 6.92 Å². The lowest BCUT2D eigenvalue weighted by Crippen LogP contribution is -2.58. The zero-order valence-electron chi connectivity index (χ0n) is 25.9. The van der Waals surface area contributed by atoms with Crippen molar-refractivity contribution in [3.8, 4) is 11.6 Å². The molecule has 0 bridgehead atoms. The summed E-state index contributed by atoms with van der Waals surface area (Å²) >= 11 is 0. The maximum Gasteiger partial charge on any atom is 0.427 e. The van der Waals surface area contributed by atoms with Crippen molar-refractivity contribution in [3.63, 3.8) is 0 Å². The zero-order valence-corrected chi connectivity index (χ0v) is 26.7. The molecule has 18 heteroatoms. The number of aryl methyl sites for hydroxylation is 1. The summed E-state index contributed by atoms with van der Waals surface area (Å²) < 4.78 is 87.0. The fourth-order valence-corrected chi connectivity index (χ4v) is 6.14. The highest BCUT2D eigenvalue weighted by atomic mass is 32.2. The van der Waals surface area contributed by atoms with E-state index in [1.165, 1.54) is 42.9 Å². The van der Waals surface area contributed by atoms with E-state index in [-0.39, 0.29) is 53.5 Å². The summed E-state index contributed by atoms with van der Waals surface area (Å²) in [7, 11) is -4.54. The summed E-state index contributed by atoms with van der Waals surface area (Å²) in [6, 6.07) is 3.12. The number of nitrogens with one attached hydrogen (secondary N) is 2. The number of sulfonamides is 1. The summed E-state index contributed by atoms with van der Waals surface area (Å²) in [6.07, 6.45) is -4.54. The first-order valence-electron chi connectivity index (χ1n) is 14.5. The molecule has 0 unspecified atom stereocenters. The average Bonchev–Trinajstić information content (AvgIpc) is 3.70. The molecule has 4 N–H and O–H groups in total. The molecule has 1 aromatic carbocycles. The number of alkyl halides is 3. The third kappa shape index (κ3) is 7.60. The molecule has 0 spiro atoms. The van der Waals surface area contributed by atoms with Crippen LogP contribution in [0, 0.1) is 5.92 Å². The number of hydrogen-bond donors (Lipinski definition) is 4. The van der Waals surface area contributed by atoms with Gasteiger partial charge in [0.25, 0.3) is 21.8 Å². The van der Waals surface area contributed by atoms with Crippen molar-refractivity contribution in [1.82, 2.24) is 15.1 Å². The third-order valence-corrected chi connectivity index (χ3v) is 9.19. The van der Waals surface area contributed by atoms with Crippen molar-refractivity contribution in [2.75, 3.05) is 29.4 Å². The van der Waals surface area contributed by atoms with E-state index in [0.29, 0.717) is 13.8 Å². The Kier molecular flexibility index (Phi) is 9.76. The Morgan fingerprint density at radius 1 is 1.20 bits per heavy atom. The number of fused-ring (bicyclic) bond motifs is 1. The summed E-state index contributed by atoms with van der Waals surface area (Å²) in [5, 5.41) is 28.7. The lowest BCUT2D eigenvalue weighted by atomic mass is 10.0. The van der Waals surface area contributed by atoms with Crippen LogP contribution < -0.4 is 24.4 Å². The number of aliphatic hydroxyl groups excluding tert-OH is 1. The van der Waals surface area contributed by atoms with E-state index < -0.39 is 58.2 Å². The van der Waals surface area contributed by atoms with Gasteiger partial charge in [0.05, 0.1) is 24.9 Å². The predicted octanol–water partition coefficient (Wildman–Crippen LogP) is 2.79. The fraction of sp³-hybridized carbons (Fsp3) is 0.607. The zero-order chi connectivity index (χ0) is 34.2. The van der Waals surface area contributed by atoms with E-state index in [9.17, 15) is 41.4 Å². The minimum Gasteiger partial charge on any atom is -0.484 e. The van der Waals surface area contributed by atoms with Gasteiger partial charge in [0.1, 0.15) is 24.1 Å². The second kappa shape index (κ2) is 12.8. The number of amides is 2. The number of nitrogens with zero attached hydrogens (tertiary/aromatic N) is 3. The van der Waals surface area contributed by atoms with E-state index >= 15 is 0 Å². The van der Waals surface area contributed by atoms with Gasteiger partial charge in [0.2, 0.25) is 5.60 Å². The lowest BCUT2D eigenvalue weighted by molar-refractivity contribution is -0.242. The van der Waals surface area contributed by atoms with Crippen LogP contribution in [0.3, 0.4) is 0 Å². The van der Waals surface area contributed by atoms with Crippen LogP contribution in [0.15, 0.2) is 29.3 Å². The molecule has 2 aromatic rings. The number of carbonyl (C=O) groups excluding carboxylic acids is 2. The van der Waals surface area contributed by atoms with Gasteiger partial charge >= 0.3 is 12.3 Å². The van der Waals surface area contributed by atoms with Gasteiger partial charge in [0.15, 0.2) is 4.90 Å². The highest BCUT2D eigenvalue weighted by molar-refractivity contribution is 7.93. The van der Waals surface area contributed by atoms with Gasteiger partial charge in [-0.2, -0.15) is 13.2 Å². The monoisotopic (exact) mass is 677 g/mol. The minimum absolute atomic E-state index is 0.0261. The Morgan fingerprint density at radius 2 is 1.87 bits per heavy atom. The first-order chi connectivity index (χ1) is 21.3. The van der Waals surface area contributed by atoms with E-state index in [1.807, 2.05) is 0 Å². The van der Waals surface area contributed by atoms with E-state index in [2.05, 4.69) is 20.5 Å². The van der Waals surface area contributed by atoms with Crippen molar-refractivity contribution in [2.45, 2.75) is 88.4 Å². The number of rotatable bonds is 12. The number of aliphatic hydroxyl groups is 2. The van der Waals surface area contributed by atoms with Crippen molar-refractivity contribution in [1.29, 1.82) is 0 Å². The molecule has 1 aromatic heterocycles. The molecule has 1 aliphatic heterocycles. The van der Waals surface area contributed by atoms with Gasteiger partial charge in [-0.05, 0) is 71.6 Å². The Balaban J connectivity index is 1.76. The van der Waals surface area contributed by atoms with Crippen LogP contribution in [0.2, 0.25) is 0 Å². The summed E-state index contributed by atoms with van der Waals surface area (Å²) in [6.45, 7) is 4.98. The smallest absolute Gasteiger partial charge is 0.427 e. The average molecular weight is 678 g/mol. The van der Waals surface area contributed by atoms with Crippen LogP contribution in [-0.2, 0) is 26.1 Å². The van der Waals surface area contributed by atoms with Crippen molar-refractivity contribution >= 4 is 33.4 Å². The molecule has 256 valence electrons. The summed E-state index contributed by atoms with van der Waals surface area (Å²) in [5.74, 6) is -1.00. The molecular weight excluding hydrogens is 639 g/mol. The highest BCUT2D eigenvalue weighted by Crippen LogP contribution is 2.44. The SMILES string of the molecule is CCn1cc(S(=O)(=O)N2C[C@H]([C@H](NC(=O)C(C)(C)O)C3CC3)Oc3ccc(NC(=O)OC(C)(C)C(F)(F)F)cc32)c(OCCO)n1. The van der Waals surface area contributed by atoms with Crippen molar-refractivity contribution in [2.24, 2.45) is 5.92 Å². The molecule has 2 atom stereocenters. The van der Waals surface area contributed by atoms with Crippen LogP contribution in [0.5, 0.6) is 11.6 Å². The van der Waals surface area contributed by atoms with Crippen molar-refractivity contribution in [3.05, 3.63) is 24.4 Å². The lowest BCUT2D eigenvalue weighted by Gasteiger charge is -2.39. The number of hydrogen-bond acceptors (Lipinski definition) is 10. The molecule has 2 heterocycles. The first kappa shape index (κ1) is 35.1. The molecule has 2 aliphatic rings. The first-order valence-corrected chi connectivity index (χ1v) is 16.0. The second-order valence-electron chi connectivity index (χ2n) is 12.0. The second-order valence-corrected chi connectivity index (χ2v) is 13.9. The molecule has 1 aliphatic carbocycles. The van der Waals surface area contributed by atoms with Crippen LogP contribution in [0.1, 0.15) is 47.5 Å². The van der Waals surface area contributed by atoms with Crippen molar-refractivity contribution < 1.29 is 55.6 Å². The van der Waals surface area contributed by atoms with Gasteiger partial charge in [0, 0.05) is 18.4 Å². The number of halogens is 3. The quantitative estimate of drug-likeness (QED) is 0.261. The number of benzene rings is 1. The van der Waals surface area contributed by atoms with Gasteiger partial charge in [-0.15, -0.1) is 5.10 Å². The van der Waals surface area contributed by atoms with Gasteiger partial charge < -0.3 is 29.7 Å². The normalized spacial score (nSPS) is 17.9. The summed E-state index contributed by atoms with van der Waals surface area (Å²) in [5.41, 5.74) is -4.72. The Labute approximate surface area is 263 Å². The molecule has 14 nitrogen and oxygen atoms in total. The molecule has 2 amide bonds. The standard InChI is InChI=1S/C28H38F3N5O9S/c1-6-35-15-21(23(34-35)43-12-11-37)46(41,42)36-14-20(22(16-7-8-16)33-24(38)26(2,3)40)44-19-10-9-17(13-18(19)36)32-25(39)45-27(4,5)28(29,30)31/h9-10,13,15-16,20,22,37,40H,6-8,11-12,14H2,1-5H3,(H,32,39)(H,33,38)/t20-,22-/m1/s1. The van der Waals surface area contributed by atoms with E-state index in [0.717, 1.165) is 17.1 Å². The fourth-order valence-electron chi connectivity index (χ4n) is 4.58. The molecule has 1 saturated carbocycles. The van der Waals surface area contributed by atoms with Gasteiger partial charge in [-0.1, -0.05) is 0 Å². The summed E-state index contributed by atoms with van der Waals surface area (Å²) in [4.78, 5) is 24.8. The Bertz CT molecular complexity index is 1550. The van der Waals surface area contributed by atoms with Crippen LogP contribution >= 0.6 is 0 Å². The van der Waals surface area contributed by atoms with Crippen LogP contribution in [0.25, 0.3) is 0 Å². The number of anilines is 2. The molecular formula is C28H38F3N5O9S. The molecule has 0 saturated heterocycles. The highest BCUT2D eigenvalue weighted by Gasteiger charge is 2.51. The topological polar surface area (TPSA) is 182 Å². The Hall–Kier alpha value is -3.77. The Morgan fingerprint density at radius 3 is 2.43 bits per heavy atom. The number of ether oxygens (including phenoxy) is 3. The maximum absolute atomic E-state index is 14.3. The maximum atomic E-state index is 14.3. The van der Waals surface area contributed by atoms with E-state index in [4.69, 9.17) is 9.47 Å². The largest absolute Gasteiger partial charge is 0.484 e. The van der Waals surface area contributed by atoms with Crippen LogP contribution in [0.4, 0.5) is 29.3 Å².